The molecule has 6 heteroatoms. The molecule has 0 spiro atoms. The molecule has 2 N–H and O–H groups in total. The van der Waals surface area contributed by atoms with Crippen LogP contribution >= 0.6 is 24.8 Å². The normalized spacial score (nSPS) is 23.9. The van der Waals surface area contributed by atoms with Gasteiger partial charge in [-0.25, -0.2) is 0 Å². The summed E-state index contributed by atoms with van der Waals surface area (Å²) in [5.74, 6) is 1.70. The van der Waals surface area contributed by atoms with Gasteiger partial charge < -0.3 is 10.6 Å². The summed E-state index contributed by atoms with van der Waals surface area (Å²) in [7, 11) is 0. The molecule has 0 radical (unpaired) electrons. The van der Waals surface area contributed by atoms with E-state index in [1.165, 1.54) is 32.4 Å². The minimum atomic E-state index is 0. The zero-order valence-electron chi connectivity index (χ0n) is 15.1. The molecule has 4 nitrogen and oxygen atoms in total. The second-order valence-corrected chi connectivity index (χ2v) is 7.60. The first kappa shape index (κ1) is 23.0. The quantitative estimate of drug-likeness (QED) is 0.758. The molecule has 2 fully saturated rings. The first-order chi connectivity index (χ1) is 9.94. The average Bonchev–Trinajstić information content (AvgIpc) is 2.43. The predicted molar refractivity (Wildman–Crippen MR) is 102 cm³/mol. The highest BCUT2D eigenvalue weighted by Crippen LogP contribution is 2.25. The van der Waals surface area contributed by atoms with Crippen LogP contribution < -0.4 is 10.6 Å². The van der Waals surface area contributed by atoms with E-state index in [0.717, 1.165) is 25.6 Å². The highest BCUT2D eigenvalue weighted by atomic mass is 35.5. The third-order valence-corrected chi connectivity index (χ3v) is 5.58. The fourth-order valence-corrected chi connectivity index (χ4v) is 3.40. The molecule has 2 rings (SSSR count). The Morgan fingerprint density at radius 3 is 2.52 bits per heavy atom. The monoisotopic (exact) mass is 367 g/mol. The molecule has 2 heterocycles. The molecular formula is C17H35Cl2N3O. The SMILES string of the molecule is CCC1CCCN(C(C)(C)CNC(=O)C(C)C2CNC2)C1.Cl.Cl. The van der Waals surface area contributed by atoms with Crippen LogP contribution in [0.1, 0.15) is 47.0 Å². The van der Waals surface area contributed by atoms with Crippen LogP contribution in [0.5, 0.6) is 0 Å². The van der Waals surface area contributed by atoms with Crippen LogP contribution in [-0.4, -0.2) is 49.1 Å². The average molecular weight is 368 g/mol. The van der Waals surface area contributed by atoms with Gasteiger partial charge in [0, 0.05) is 24.5 Å². The number of likely N-dealkylation sites (tertiary alicyclic amines) is 1. The summed E-state index contributed by atoms with van der Waals surface area (Å²) in [5.41, 5.74) is 0.0566. The van der Waals surface area contributed by atoms with Gasteiger partial charge in [-0.3, -0.25) is 9.69 Å². The molecule has 0 aromatic heterocycles. The van der Waals surface area contributed by atoms with Gasteiger partial charge in [0.15, 0.2) is 0 Å². The molecule has 1 amide bonds. The van der Waals surface area contributed by atoms with Gasteiger partial charge >= 0.3 is 0 Å². The van der Waals surface area contributed by atoms with E-state index < -0.39 is 0 Å². The van der Waals surface area contributed by atoms with Crippen molar-refractivity contribution in [3.05, 3.63) is 0 Å². The summed E-state index contributed by atoms with van der Waals surface area (Å²) in [5, 5.41) is 6.44. The molecule has 138 valence electrons. The van der Waals surface area contributed by atoms with E-state index in [1.54, 1.807) is 0 Å². The van der Waals surface area contributed by atoms with Gasteiger partial charge in [-0.05, 0) is 58.2 Å². The summed E-state index contributed by atoms with van der Waals surface area (Å²) < 4.78 is 0. The molecule has 2 unspecified atom stereocenters. The van der Waals surface area contributed by atoms with E-state index in [9.17, 15) is 4.79 Å². The Morgan fingerprint density at radius 1 is 1.35 bits per heavy atom. The maximum Gasteiger partial charge on any atom is 0.223 e. The van der Waals surface area contributed by atoms with E-state index in [-0.39, 0.29) is 42.2 Å². The zero-order valence-corrected chi connectivity index (χ0v) is 16.7. The summed E-state index contributed by atoms with van der Waals surface area (Å²) in [6.45, 7) is 14.0. The highest BCUT2D eigenvalue weighted by Gasteiger charge is 2.33. The van der Waals surface area contributed by atoms with Crippen LogP contribution in [0.15, 0.2) is 0 Å². The minimum absolute atomic E-state index is 0. The molecule has 2 aliphatic heterocycles. The number of halogens is 2. The van der Waals surface area contributed by atoms with Crippen LogP contribution in [0.3, 0.4) is 0 Å². The number of hydrogen-bond acceptors (Lipinski definition) is 3. The molecule has 0 aromatic carbocycles. The number of piperidine rings is 1. The van der Waals surface area contributed by atoms with Gasteiger partial charge in [0.05, 0.1) is 0 Å². The Bertz CT molecular complexity index is 362. The van der Waals surface area contributed by atoms with Gasteiger partial charge in [0.1, 0.15) is 0 Å². The number of hydrogen-bond donors (Lipinski definition) is 2. The minimum Gasteiger partial charge on any atom is -0.354 e. The molecule has 0 saturated carbocycles. The number of amides is 1. The van der Waals surface area contributed by atoms with Crippen molar-refractivity contribution in [3.63, 3.8) is 0 Å². The first-order valence-corrected chi connectivity index (χ1v) is 8.67. The smallest absolute Gasteiger partial charge is 0.223 e. The second-order valence-electron chi connectivity index (χ2n) is 7.60. The van der Waals surface area contributed by atoms with Crippen molar-refractivity contribution in [2.24, 2.45) is 17.8 Å². The van der Waals surface area contributed by atoms with E-state index in [1.807, 2.05) is 0 Å². The molecule has 0 aromatic rings. The Labute approximate surface area is 154 Å². The van der Waals surface area contributed by atoms with Crippen LogP contribution in [0, 0.1) is 17.8 Å². The molecule has 0 bridgehead atoms. The van der Waals surface area contributed by atoms with E-state index in [0.29, 0.717) is 5.92 Å². The van der Waals surface area contributed by atoms with Crippen LogP contribution in [0.2, 0.25) is 0 Å². The fourth-order valence-electron chi connectivity index (χ4n) is 3.40. The third-order valence-electron chi connectivity index (χ3n) is 5.58. The maximum absolute atomic E-state index is 12.3. The Balaban J connectivity index is 0.00000242. The highest BCUT2D eigenvalue weighted by molar-refractivity contribution is 5.85. The van der Waals surface area contributed by atoms with Gasteiger partial charge in [-0.15, -0.1) is 24.8 Å². The lowest BCUT2D eigenvalue weighted by molar-refractivity contribution is -0.127. The number of nitrogens with zero attached hydrogens (tertiary/aromatic N) is 1. The van der Waals surface area contributed by atoms with Crippen molar-refractivity contribution in [1.29, 1.82) is 0 Å². The predicted octanol–water partition coefficient (Wildman–Crippen LogP) is 2.70. The summed E-state index contributed by atoms with van der Waals surface area (Å²) in [6, 6.07) is 0. The molecule has 2 atom stereocenters. The second kappa shape index (κ2) is 10.1. The van der Waals surface area contributed by atoms with Gasteiger partial charge in [-0.2, -0.15) is 0 Å². The van der Waals surface area contributed by atoms with Crippen molar-refractivity contribution < 1.29 is 4.79 Å². The molecule has 2 saturated heterocycles. The topological polar surface area (TPSA) is 44.4 Å². The lowest BCUT2D eigenvalue weighted by Crippen LogP contribution is -2.56. The van der Waals surface area contributed by atoms with Crippen molar-refractivity contribution in [2.45, 2.75) is 52.5 Å². The van der Waals surface area contributed by atoms with E-state index in [4.69, 9.17) is 0 Å². The van der Waals surface area contributed by atoms with Crippen molar-refractivity contribution in [1.82, 2.24) is 15.5 Å². The first-order valence-electron chi connectivity index (χ1n) is 8.67. The molecule has 0 aliphatic carbocycles. The van der Waals surface area contributed by atoms with Crippen LogP contribution in [0.4, 0.5) is 0 Å². The van der Waals surface area contributed by atoms with Crippen molar-refractivity contribution >= 4 is 30.7 Å². The summed E-state index contributed by atoms with van der Waals surface area (Å²) in [6.07, 6.45) is 3.92. The van der Waals surface area contributed by atoms with Crippen molar-refractivity contribution in [2.75, 3.05) is 32.7 Å². The van der Waals surface area contributed by atoms with E-state index >= 15 is 0 Å². The lowest BCUT2D eigenvalue weighted by atomic mass is 9.87. The van der Waals surface area contributed by atoms with E-state index in [2.05, 4.69) is 43.2 Å². The third kappa shape index (κ3) is 6.08. The van der Waals surface area contributed by atoms with Crippen molar-refractivity contribution in [3.8, 4) is 0 Å². The Kier molecular flexibility index (Phi) is 10.1. The summed E-state index contributed by atoms with van der Waals surface area (Å²) in [4.78, 5) is 14.8. The van der Waals surface area contributed by atoms with Crippen LogP contribution in [0.25, 0.3) is 0 Å². The number of carbonyl (C=O) groups is 1. The van der Waals surface area contributed by atoms with Gasteiger partial charge in [0.25, 0.3) is 0 Å². The van der Waals surface area contributed by atoms with Gasteiger partial charge in [-0.1, -0.05) is 20.3 Å². The van der Waals surface area contributed by atoms with Crippen LogP contribution in [-0.2, 0) is 4.79 Å². The van der Waals surface area contributed by atoms with Gasteiger partial charge in [0.2, 0.25) is 5.91 Å². The fraction of sp³-hybridized carbons (Fsp3) is 0.941. The zero-order chi connectivity index (χ0) is 15.5. The standard InChI is InChI=1S/C17H33N3O.2ClH/c1-5-14-7-6-8-20(11-14)17(3,4)12-19-16(21)13(2)15-9-18-10-15;;/h13-15,18H,5-12H2,1-4H3,(H,19,21);2*1H. The number of carbonyl (C=O) groups excluding carboxylic acids is 1. The largest absolute Gasteiger partial charge is 0.354 e. The summed E-state index contributed by atoms with van der Waals surface area (Å²) >= 11 is 0. The molecular weight excluding hydrogens is 333 g/mol. The maximum atomic E-state index is 12.3. The Hall–Kier alpha value is -0.0300. The Morgan fingerprint density at radius 2 is 2.00 bits per heavy atom. The number of rotatable bonds is 6. The number of nitrogens with one attached hydrogen (secondary N) is 2. The lowest BCUT2D eigenvalue weighted by Gasteiger charge is -2.44. The molecule has 23 heavy (non-hydrogen) atoms. The molecule has 2 aliphatic rings.